The molecule has 1 fully saturated rings. The molecule has 2 amide bonds. The third kappa shape index (κ3) is 3.52. The van der Waals surface area contributed by atoms with Crippen molar-refractivity contribution >= 4 is 23.2 Å². The lowest BCUT2D eigenvalue weighted by atomic mass is 9.85. The van der Waals surface area contributed by atoms with Crippen LogP contribution in [0.25, 0.3) is 0 Å². The van der Waals surface area contributed by atoms with Crippen molar-refractivity contribution < 1.29 is 18.7 Å². The number of carbonyl (C=O) groups is 2. The van der Waals surface area contributed by atoms with Gasteiger partial charge in [-0.3, -0.25) is 9.59 Å². The first kappa shape index (κ1) is 17.5. The molecule has 140 valence electrons. The van der Waals surface area contributed by atoms with E-state index in [2.05, 4.69) is 5.32 Å². The zero-order valence-electron chi connectivity index (χ0n) is 15.1. The van der Waals surface area contributed by atoms with Crippen LogP contribution in [0.1, 0.15) is 31.7 Å². The number of halogens is 1. The van der Waals surface area contributed by atoms with Gasteiger partial charge in [0, 0.05) is 11.6 Å². The number of ether oxygens (including phenoxy) is 1. The smallest absolute Gasteiger partial charge is 0.268 e. The van der Waals surface area contributed by atoms with Gasteiger partial charge < -0.3 is 15.0 Å². The van der Waals surface area contributed by atoms with Crippen molar-refractivity contribution in [2.75, 3.05) is 10.2 Å². The monoisotopic (exact) mass is 368 g/mol. The zero-order valence-corrected chi connectivity index (χ0v) is 15.1. The van der Waals surface area contributed by atoms with Gasteiger partial charge in [0.25, 0.3) is 5.91 Å². The lowest BCUT2D eigenvalue weighted by molar-refractivity contribution is -0.125. The molecule has 1 aliphatic heterocycles. The van der Waals surface area contributed by atoms with Crippen molar-refractivity contribution in [3.05, 3.63) is 53.8 Å². The molecule has 27 heavy (non-hydrogen) atoms. The van der Waals surface area contributed by atoms with Gasteiger partial charge >= 0.3 is 0 Å². The van der Waals surface area contributed by atoms with Crippen LogP contribution >= 0.6 is 0 Å². The van der Waals surface area contributed by atoms with E-state index in [9.17, 15) is 14.0 Å². The van der Waals surface area contributed by atoms with E-state index in [0.717, 1.165) is 24.8 Å². The van der Waals surface area contributed by atoms with Crippen LogP contribution in [0.2, 0.25) is 0 Å². The molecule has 0 bridgehead atoms. The number of hydrogen-bond acceptors (Lipinski definition) is 3. The average molecular weight is 368 g/mol. The minimum absolute atomic E-state index is 0.0164. The van der Waals surface area contributed by atoms with Gasteiger partial charge in [-0.1, -0.05) is 18.6 Å². The number of anilines is 2. The Morgan fingerprint density at radius 1 is 1.22 bits per heavy atom. The number of carbonyl (C=O) groups excluding carboxylic acids is 2. The normalized spacial score (nSPS) is 19.1. The van der Waals surface area contributed by atoms with Crippen molar-refractivity contribution in [1.29, 1.82) is 0 Å². The van der Waals surface area contributed by atoms with Crippen molar-refractivity contribution in [2.24, 2.45) is 5.92 Å². The Balaban J connectivity index is 1.61. The van der Waals surface area contributed by atoms with Crippen molar-refractivity contribution in [2.45, 2.75) is 38.8 Å². The molecule has 1 saturated carbocycles. The Morgan fingerprint density at radius 2 is 1.96 bits per heavy atom. The second-order valence-electron chi connectivity index (χ2n) is 7.11. The maximum atomic E-state index is 13.2. The topological polar surface area (TPSA) is 58.6 Å². The van der Waals surface area contributed by atoms with Crippen LogP contribution in [0, 0.1) is 11.7 Å². The fraction of sp³-hybridized carbons (Fsp3) is 0.333. The van der Waals surface area contributed by atoms with Gasteiger partial charge in [-0.25, -0.2) is 4.39 Å². The molecule has 0 saturated heterocycles. The average Bonchev–Trinajstić information content (AvgIpc) is 2.59. The van der Waals surface area contributed by atoms with Gasteiger partial charge in [0.15, 0.2) is 6.10 Å². The third-order valence-electron chi connectivity index (χ3n) is 5.16. The molecule has 5 nitrogen and oxygen atoms in total. The predicted octanol–water partition coefficient (Wildman–Crippen LogP) is 3.88. The molecule has 6 heteroatoms. The molecular weight excluding hydrogens is 347 g/mol. The highest BCUT2D eigenvalue weighted by atomic mass is 19.1. The summed E-state index contributed by atoms with van der Waals surface area (Å²) in [6.07, 6.45) is 2.33. The standard InChI is InChI=1S/C21H21FN2O3/c1-13-21(26)24(12-14-5-7-16(22)8-6-14)18-11-17(9-10-19(18)27-13)23-20(25)15-3-2-4-15/h5-11,13,15H,2-4,12H2,1H3,(H,23,25). The summed E-state index contributed by atoms with van der Waals surface area (Å²) in [4.78, 5) is 26.5. The SMILES string of the molecule is CC1Oc2ccc(NC(=O)C3CCC3)cc2N(Cc2ccc(F)cc2)C1=O. The number of hydrogen-bond donors (Lipinski definition) is 1. The van der Waals surface area contributed by atoms with Crippen LogP contribution < -0.4 is 15.0 Å². The van der Waals surface area contributed by atoms with Gasteiger partial charge in [-0.05, 0) is 55.7 Å². The molecule has 2 aromatic rings. The number of nitrogens with one attached hydrogen (secondary N) is 1. The summed E-state index contributed by atoms with van der Waals surface area (Å²) in [6, 6.07) is 11.4. The Hall–Kier alpha value is -2.89. The Kier molecular flexibility index (Phi) is 4.56. The van der Waals surface area contributed by atoms with E-state index in [-0.39, 0.29) is 23.5 Å². The minimum Gasteiger partial charge on any atom is -0.479 e. The van der Waals surface area contributed by atoms with Gasteiger partial charge in [0.1, 0.15) is 11.6 Å². The molecular formula is C21H21FN2O3. The molecule has 4 rings (SSSR count). The summed E-state index contributed by atoms with van der Waals surface area (Å²) in [6.45, 7) is 2.01. The van der Waals surface area contributed by atoms with E-state index in [1.807, 2.05) is 0 Å². The Bertz CT molecular complexity index is 877. The van der Waals surface area contributed by atoms with E-state index in [4.69, 9.17) is 4.74 Å². The number of benzene rings is 2. The molecule has 1 unspecified atom stereocenters. The summed E-state index contributed by atoms with van der Waals surface area (Å²) in [5, 5.41) is 2.93. The predicted molar refractivity (Wildman–Crippen MR) is 100 cm³/mol. The summed E-state index contributed by atoms with van der Waals surface area (Å²) in [5.41, 5.74) is 2.06. The largest absolute Gasteiger partial charge is 0.479 e. The van der Waals surface area contributed by atoms with Crippen molar-refractivity contribution in [1.82, 2.24) is 0 Å². The van der Waals surface area contributed by atoms with E-state index in [0.29, 0.717) is 23.7 Å². The maximum Gasteiger partial charge on any atom is 0.268 e. The molecule has 2 aromatic carbocycles. The fourth-order valence-electron chi connectivity index (χ4n) is 3.33. The molecule has 1 aliphatic carbocycles. The molecule has 1 atom stereocenters. The first-order valence-electron chi connectivity index (χ1n) is 9.18. The quantitative estimate of drug-likeness (QED) is 0.891. The lowest BCUT2D eigenvalue weighted by Crippen LogP contribution is -2.44. The van der Waals surface area contributed by atoms with E-state index >= 15 is 0 Å². The van der Waals surface area contributed by atoms with E-state index in [1.165, 1.54) is 12.1 Å². The van der Waals surface area contributed by atoms with Crippen LogP contribution in [0.15, 0.2) is 42.5 Å². The summed E-state index contributed by atoms with van der Waals surface area (Å²) in [5.74, 6) is 0.193. The second-order valence-corrected chi connectivity index (χ2v) is 7.11. The first-order chi connectivity index (χ1) is 13.0. The fourth-order valence-corrected chi connectivity index (χ4v) is 3.33. The van der Waals surface area contributed by atoms with Gasteiger partial charge in [-0.2, -0.15) is 0 Å². The molecule has 1 N–H and O–H groups in total. The van der Waals surface area contributed by atoms with Crippen LogP contribution in [0.3, 0.4) is 0 Å². The second kappa shape index (κ2) is 7.02. The van der Waals surface area contributed by atoms with E-state index < -0.39 is 6.10 Å². The van der Waals surface area contributed by atoms with Crippen LogP contribution in [0.4, 0.5) is 15.8 Å². The van der Waals surface area contributed by atoms with Gasteiger partial charge in [0.2, 0.25) is 5.91 Å². The van der Waals surface area contributed by atoms with Crippen LogP contribution in [-0.2, 0) is 16.1 Å². The lowest BCUT2D eigenvalue weighted by Gasteiger charge is -2.33. The molecule has 2 aliphatic rings. The third-order valence-corrected chi connectivity index (χ3v) is 5.16. The zero-order chi connectivity index (χ0) is 19.0. The molecule has 0 radical (unpaired) electrons. The number of rotatable bonds is 4. The van der Waals surface area contributed by atoms with Gasteiger partial charge in [-0.15, -0.1) is 0 Å². The van der Waals surface area contributed by atoms with Crippen molar-refractivity contribution in [3.8, 4) is 5.75 Å². The Morgan fingerprint density at radius 3 is 2.63 bits per heavy atom. The highest BCUT2D eigenvalue weighted by Crippen LogP contribution is 2.37. The summed E-state index contributed by atoms with van der Waals surface area (Å²) in [7, 11) is 0. The van der Waals surface area contributed by atoms with Gasteiger partial charge in [0.05, 0.1) is 12.2 Å². The van der Waals surface area contributed by atoms with E-state index in [1.54, 1.807) is 42.2 Å². The highest BCUT2D eigenvalue weighted by molar-refractivity contribution is 6.01. The molecule has 1 heterocycles. The number of nitrogens with zero attached hydrogens (tertiary/aromatic N) is 1. The Labute approximate surface area is 157 Å². The first-order valence-corrected chi connectivity index (χ1v) is 9.18. The van der Waals surface area contributed by atoms with Crippen LogP contribution in [0.5, 0.6) is 5.75 Å². The van der Waals surface area contributed by atoms with Crippen LogP contribution in [-0.4, -0.2) is 17.9 Å². The maximum absolute atomic E-state index is 13.2. The molecule has 0 spiro atoms. The number of fused-ring (bicyclic) bond motifs is 1. The summed E-state index contributed by atoms with van der Waals surface area (Å²) >= 11 is 0. The summed E-state index contributed by atoms with van der Waals surface area (Å²) < 4.78 is 18.9. The molecule has 0 aromatic heterocycles. The number of amides is 2. The van der Waals surface area contributed by atoms with Crippen molar-refractivity contribution in [3.63, 3.8) is 0 Å². The minimum atomic E-state index is -0.603. The highest BCUT2D eigenvalue weighted by Gasteiger charge is 2.32.